The summed E-state index contributed by atoms with van der Waals surface area (Å²) in [6, 6.07) is 16.6. The van der Waals surface area contributed by atoms with Crippen LogP contribution in [0.2, 0.25) is 0 Å². The van der Waals surface area contributed by atoms with E-state index in [-0.39, 0.29) is 0 Å². The van der Waals surface area contributed by atoms with Crippen LogP contribution in [0.3, 0.4) is 0 Å². The fraction of sp³-hybridized carbons (Fsp3) is 0.238. The summed E-state index contributed by atoms with van der Waals surface area (Å²) in [6.45, 7) is 4.36. The lowest BCUT2D eigenvalue weighted by molar-refractivity contribution is 0.816. The predicted molar refractivity (Wildman–Crippen MR) is 115 cm³/mol. The van der Waals surface area contributed by atoms with Crippen molar-refractivity contribution in [3.8, 4) is 5.69 Å². The SMILES string of the molecule is CSCc1cccc(-n2nnc3cnc(Nc4cccc(C(C)C)c4)nc32)c1. The molecule has 1 N–H and O–H groups in total. The minimum absolute atomic E-state index is 0.462. The molecule has 0 unspecified atom stereocenters. The average molecular weight is 391 g/mol. The van der Waals surface area contributed by atoms with Crippen LogP contribution in [-0.4, -0.2) is 31.2 Å². The summed E-state index contributed by atoms with van der Waals surface area (Å²) in [4.78, 5) is 9.06. The van der Waals surface area contributed by atoms with Crippen LogP contribution in [0.5, 0.6) is 0 Å². The first kappa shape index (κ1) is 18.4. The minimum Gasteiger partial charge on any atom is -0.324 e. The Bertz CT molecular complexity index is 1100. The maximum atomic E-state index is 4.67. The van der Waals surface area contributed by atoms with Crippen molar-refractivity contribution < 1.29 is 0 Å². The van der Waals surface area contributed by atoms with Gasteiger partial charge in [0.2, 0.25) is 5.95 Å². The van der Waals surface area contributed by atoms with E-state index in [9.17, 15) is 0 Å². The summed E-state index contributed by atoms with van der Waals surface area (Å²) in [5.74, 6) is 1.94. The van der Waals surface area contributed by atoms with Gasteiger partial charge in [-0.1, -0.05) is 43.3 Å². The molecule has 2 aromatic heterocycles. The van der Waals surface area contributed by atoms with Crippen molar-refractivity contribution >= 4 is 34.6 Å². The molecule has 4 rings (SSSR count). The first-order valence-electron chi connectivity index (χ1n) is 9.18. The number of anilines is 2. The Morgan fingerprint density at radius 1 is 1.11 bits per heavy atom. The molecular weight excluding hydrogens is 368 g/mol. The van der Waals surface area contributed by atoms with Crippen LogP contribution in [0.25, 0.3) is 16.9 Å². The van der Waals surface area contributed by atoms with E-state index in [0.29, 0.717) is 23.0 Å². The molecule has 0 aliphatic heterocycles. The molecule has 6 nitrogen and oxygen atoms in total. The molecular formula is C21H22N6S. The van der Waals surface area contributed by atoms with E-state index in [2.05, 4.69) is 70.0 Å². The number of hydrogen-bond donors (Lipinski definition) is 1. The topological polar surface area (TPSA) is 68.5 Å². The molecule has 2 heterocycles. The second-order valence-electron chi connectivity index (χ2n) is 6.91. The number of nitrogens with zero attached hydrogens (tertiary/aromatic N) is 5. The zero-order valence-corrected chi connectivity index (χ0v) is 16.9. The van der Waals surface area contributed by atoms with Crippen LogP contribution >= 0.6 is 11.8 Å². The summed E-state index contributed by atoms with van der Waals surface area (Å²) < 4.78 is 1.76. The van der Waals surface area contributed by atoms with Crippen molar-refractivity contribution in [2.45, 2.75) is 25.5 Å². The highest BCUT2D eigenvalue weighted by atomic mass is 32.2. The smallest absolute Gasteiger partial charge is 0.229 e. The number of nitrogens with one attached hydrogen (secondary N) is 1. The summed E-state index contributed by atoms with van der Waals surface area (Å²) in [5, 5.41) is 11.8. The molecule has 0 amide bonds. The zero-order chi connectivity index (χ0) is 19.5. The largest absolute Gasteiger partial charge is 0.324 e. The van der Waals surface area contributed by atoms with Gasteiger partial charge in [-0.05, 0) is 47.6 Å². The number of rotatable bonds is 6. The van der Waals surface area contributed by atoms with E-state index in [0.717, 1.165) is 17.1 Å². The predicted octanol–water partition coefficient (Wildman–Crippen LogP) is 4.94. The molecule has 0 fully saturated rings. The maximum absolute atomic E-state index is 4.67. The minimum atomic E-state index is 0.462. The van der Waals surface area contributed by atoms with Gasteiger partial charge in [0.25, 0.3) is 0 Å². The van der Waals surface area contributed by atoms with Gasteiger partial charge in [-0.2, -0.15) is 21.4 Å². The van der Waals surface area contributed by atoms with E-state index in [1.165, 1.54) is 11.1 Å². The van der Waals surface area contributed by atoms with Crippen LogP contribution < -0.4 is 5.32 Å². The molecule has 7 heteroatoms. The zero-order valence-electron chi connectivity index (χ0n) is 16.1. The van der Waals surface area contributed by atoms with Crippen LogP contribution in [0.15, 0.2) is 54.7 Å². The molecule has 0 saturated heterocycles. The number of hydrogen-bond acceptors (Lipinski definition) is 6. The molecule has 0 aliphatic carbocycles. The summed E-state index contributed by atoms with van der Waals surface area (Å²) in [5.41, 5.74) is 5.76. The molecule has 2 aromatic carbocycles. The fourth-order valence-electron chi connectivity index (χ4n) is 3.01. The van der Waals surface area contributed by atoms with Crippen molar-refractivity contribution in [2.75, 3.05) is 11.6 Å². The Hall–Kier alpha value is -2.93. The second-order valence-corrected chi connectivity index (χ2v) is 7.78. The molecule has 28 heavy (non-hydrogen) atoms. The summed E-state index contributed by atoms with van der Waals surface area (Å²) in [6.07, 6.45) is 3.79. The van der Waals surface area contributed by atoms with Crippen molar-refractivity contribution in [1.29, 1.82) is 0 Å². The molecule has 0 aliphatic rings. The van der Waals surface area contributed by atoms with E-state index < -0.39 is 0 Å². The monoisotopic (exact) mass is 390 g/mol. The van der Waals surface area contributed by atoms with Crippen molar-refractivity contribution in [3.63, 3.8) is 0 Å². The summed E-state index contributed by atoms with van der Waals surface area (Å²) >= 11 is 1.79. The van der Waals surface area contributed by atoms with Gasteiger partial charge in [-0.3, -0.25) is 0 Å². The third kappa shape index (κ3) is 3.84. The third-order valence-corrected chi connectivity index (χ3v) is 5.09. The molecule has 4 aromatic rings. The van der Waals surface area contributed by atoms with E-state index in [1.54, 1.807) is 22.6 Å². The number of thioether (sulfide) groups is 1. The maximum Gasteiger partial charge on any atom is 0.229 e. The van der Waals surface area contributed by atoms with Gasteiger partial charge in [-0.15, -0.1) is 5.10 Å². The Morgan fingerprint density at radius 3 is 2.79 bits per heavy atom. The second kappa shape index (κ2) is 7.98. The first-order valence-corrected chi connectivity index (χ1v) is 10.6. The number of fused-ring (bicyclic) bond motifs is 1. The van der Waals surface area contributed by atoms with Crippen LogP contribution in [0, 0.1) is 0 Å². The molecule has 0 spiro atoms. The fourth-order valence-corrected chi connectivity index (χ4v) is 3.52. The highest BCUT2D eigenvalue weighted by molar-refractivity contribution is 7.97. The quantitative estimate of drug-likeness (QED) is 0.503. The third-order valence-electron chi connectivity index (χ3n) is 4.47. The molecule has 0 bridgehead atoms. The summed E-state index contributed by atoms with van der Waals surface area (Å²) in [7, 11) is 0. The first-order chi connectivity index (χ1) is 13.6. The average Bonchev–Trinajstić information content (AvgIpc) is 3.12. The van der Waals surface area contributed by atoms with Gasteiger partial charge >= 0.3 is 0 Å². The van der Waals surface area contributed by atoms with Gasteiger partial charge in [0.1, 0.15) is 0 Å². The normalized spacial score (nSPS) is 11.3. The van der Waals surface area contributed by atoms with E-state index in [1.807, 2.05) is 24.3 Å². The lowest BCUT2D eigenvalue weighted by Gasteiger charge is -2.09. The molecule has 0 radical (unpaired) electrons. The Kier molecular flexibility index (Phi) is 5.25. The lowest BCUT2D eigenvalue weighted by atomic mass is 10.0. The molecule has 0 saturated carbocycles. The van der Waals surface area contributed by atoms with Gasteiger partial charge in [0.05, 0.1) is 11.9 Å². The van der Waals surface area contributed by atoms with Gasteiger partial charge in [0, 0.05) is 11.4 Å². The van der Waals surface area contributed by atoms with Crippen LogP contribution in [0.1, 0.15) is 30.9 Å². The lowest BCUT2D eigenvalue weighted by Crippen LogP contribution is -2.02. The molecule has 142 valence electrons. The Balaban J connectivity index is 1.68. The van der Waals surface area contributed by atoms with Gasteiger partial charge in [0.15, 0.2) is 11.2 Å². The Morgan fingerprint density at radius 2 is 1.96 bits per heavy atom. The van der Waals surface area contributed by atoms with Crippen LogP contribution in [-0.2, 0) is 5.75 Å². The van der Waals surface area contributed by atoms with Crippen molar-refractivity contribution in [1.82, 2.24) is 25.0 Å². The number of aromatic nitrogens is 5. The standard InChI is InChI=1S/C21H22N6S/c1-14(2)16-7-5-8-17(11-16)23-21-22-12-19-20(24-21)27(26-25-19)18-9-4-6-15(10-18)13-28-3/h4-12,14H,13H2,1-3H3,(H,22,23,24). The van der Waals surface area contributed by atoms with E-state index in [4.69, 9.17) is 0 Å². The molecule has 0 atom stereocenters. The van der Waals surface area contributed by atoms with E-state index >= 15 is 0 Å². The highest BCUT2D eigenvalue weighted by Crippen LogP contribution is 2.22. The number of benzene rings is 2. The van der Waals surface area contributed by atoms with Gasteiger partial charge in [-0.25, -0.2) is 4.98 Å². The van der Waals surface area contributed by atoms with Crippen LogP contribution in [0.4, 0.5) is 11.6 Å². The van der Waals surface area contributed by atoms with Gasteiger partial charge < -0.3 is 5.32 Å². The van der Waals surface area contributed by atoms with Crippen molar-refractivity contribution in [2.24, 2.45) is 0 Å². The van der Waals surface area contributed by atoms with Crippen molar-refractivity contribution in [3.05, 3.63) is 65.9 Å². The Labute approximate surface area is 168 Å². The highest BCUT2D eigenvalue weighted by Gasteiger charge is 2.11.